The van der Waals surface area contributed by atoms with Crippen molar-refractivity contribution in [2.24, 2.45) is 0 Å². The van der Waals surface area contributed by atoms with Gasteiger partial charge in [0, 0.05) is 5.56 Å². The molecular weight excluding hydrogens is 476 g/mol. The molecule has 0 atom stereocenters. The normalized spacial score (nSPS) is 11.0. The van der Waals surface area contributed by atoms with Crippen LogP contribution in [0.3, 0.4) is 0 Å². The van der Waals surface area contributed by atoms with Crippen LogP contribution < -0.4 is 4.74 Å². The monoisotopic (exact) mass is 488 g/mol. The third kappa shape index (κ3) is 4.84. The summed E-state index contributed by atoms with van der Waals surface area (Å²) in [4.78, 5) is 23.1. The number of benzene rings is 3. The highest BCUT2D eigenvalue weighted by molar-refractivity contribution is 9.11. The van der Waals surface area contributed by atoms with Gasteiger partial charge in [0.15, 0.2) is 12.4 Å². The third-order valence-corrected chi connectivity index (χ3v) is 5.00. The molecule has 0 amide bonds. The summed E-state index contributed by atoms with van der Waals surface area (Å²) in [5.74, 6) is -0.756. The second-order valence-electron chi connectivity index (χ2n) is 5.76. The lowest BCUT2D eigenvalue weighted by Crippen LogP contribution is -2.10. The van der Waals surface area contributed by atoms with Crippen LogP contribution in [-0.2, 0) is 4.79 Å². The Bertz CT molecular complexity index is 1030. The molecule has 27 heavy (non-hydrogen) atoms. The summed E-state index contributed by atoms with van der Waals surface area (Å²) in [7, 11) is 0. The Morgan fingerprint density at radius 1 is 0.963 bits per heavy atom. The molecule has 0 radical (unpaired) electrons. The molecule has 0 saturated carbocycles. The molecule has 0 unspecified atom stereocenters. The van der Waals surface area contributed by atoms with E-state index in [-0.39, 0.29) is 5.78 Å². The molecule has 3 aromatic rings. The number of hydrogen-bond acceptors (Lipinski definition) is 3. The van der Waals surface area contributed by atoms with Gasteiger partial charge >= 0.3 is 5.97 Å². The van der Waals surface area contributed by atoms with Gasteiger partial charge in [-0.05, 0) is 72.5 Å². The van der Waals surface area contributed by atoms with Crippen molar-refractivity contribution in [3.05, 3.63) is 80.7 Å². The molecule has 6 heteroatoms. The number of carboxylic acid groups (broad SMARTS) is 1. The molecule has 0 aliphatic rings. The first-order chi connectivity index (χ1) is 12.9. The van der Waals surface area contributed by atoms with Gasteiger partial charge in [0.25, 0.3) is 0 Å². The number of carboxylic acids is 1. The molecule has 3 aromatic carbocycles. The number of aliphatic carboxylic acids is 1. The number of halogens is 2. The van der Waals surface area contributed by atoms with E-state index < -0.39 is 12.6 Å². The van der Waals surface area contributed by atoms with Gasteiger partial charge in [0.1, 0.15) is 5.75 Å². The molecule has 1 N–H and O–H groups in total. The molecular formula is C21H14Br2O4. The molecule has 3 rings (SSSR count). The summed E-state index contributed by atoms with van der Waals surface area (Å²) in [5.41, 5.74) is 1.38. The number of carbonyl (C=O) groups is 2. The fourth-order valence-electron chi connectivity index (χ4n) is 2.56. The van der Waals surface area contributed by atoms with Crippen LogP contribution in [0.25, 0.3) is 16.8 Å². The zero-order valence-electron chi connectivity index (χ0n) is 14.0. The Balaban J connectivity index is 1.80. The van der Waals surface area contributed by atoms with Gasteiger partial charge in [-0.3, -0.25) is 4.79 Å². The van der Waals surface area contributed by atoms with Gasteiger partial charge in [-0.15, -0.1) is 0 Å². The van der Waals surface area contributed by atoms with Crippen LogP contribution in [0.2, 0.25) is 0 Å². The van der Waals surface area contributed by atoms with Crippen molar-refractivity contribution in [1.82, 2.24) is 0 Å². The average molecular weight is 490 g/mol. The largest absolute Gasteiger partial charge is 0.480 e. The molecule has 0 fully saturated rings. The molecule has 4 nitrogen and oxygen atoms in total. The lowest BCUT2D eigenvalue weighted by Gasteiger charge is -2.09. The minimum absolute atomic E-state index is 0.0980. The zero-order chi connectivity index (χ0) is 19.4. The number of fused-ring (bicyclic) bond motifs is 1. The van der Waals surface area contributed by atoms with Crippen molar-refractivity contribution >= 4 is 60.5 Å². The van der Waals surface area contributed by atoms with E-state index in [4.69, 9.17) is 9.84 Å². The summed E-state index contributed by atoms with van der Waals surface area (Å²) in [5, 5.41) is 10.8. The molecule has 0 spiro atoms. The van der Waals surface area contributed by atoms with Gasteiger partial charge in [0.2, 0.25) is 0 Å². The Kier molecular flexibility index (Phi) is 6.08. The van der Waals surface area contributed by atoms with Crippen molar-refractivity contribution < 1.29 is 19.4 Å². The van der Waals surface area contributed by atoms with E-state index in [2.05, 4.69) is 31.9 Å². The number of allylic oxidation sites excluding steroid dienone is 1. The van der Waals surface area contributed by atoms with E-state index in [0.29, 0.717) is 20.3 Å². The molecule has 0 aliphatic heterocycles. The van der Waals surface area contributed by atoms with Crippen LogP contribution in [0.4, 0.5) is 0 Å². The van der Waals surface area contributed by atoms with Crippen LogP contribution >= 0.6 is 31.9 Å². The maximum Gasteiger partial charge on any atom is 0.341 e. The number of ether oxygens (including phenoxy) is 1. The van der Waals surface area contributed by atoms with Gasteiger partial charge in [-0.2, -0.15) is 0 Å². The van der Waals surface area contributed by atoms with Gasteiger partial charge in [0.05, 0.1) is 8.95 Å². The Morgan fingerprint density at radius 2 is 1.63 bits per heavy atom. The Labute approximate surface area is 172 Å². The average Bonchev–Trinajstić information content (AvgIpc) is 2.64. The highest BCUT2D eigenvalue weighted by atomic mass is 79.9. The standard InChI is InChI=1S/C21H14Br2O4/c22-17-9-13(10-18(23)21(17)27-12-20(25)26)5-8-19(24)16-7-6-14-3-1-2-4-15(14)11-16/h1-11H,12H2,(H,25,26)/b8-5-. The lowest BCUT2D eigenvalue weighted by atomic mass is 10.0. The molecule has 136 valence electrons. The predicted molar refractivity (Wildman–Crippen MR) is 112 cm³/mol. The maximum atomic E-state index is 12.5. The highest BCUT2D eigenvalue weighted by Gasteiger charge is 2.10. The topological polar surface area (TPSA) is 63.6 Å². The van der Waals surface area contributed by atoms with Crippen molar-refractivity contribution in [2.75, 3.05) is 6.61 Å². The van der Waals surface area contributed by atoms with E-state index >= 15 is 0 Å². The first kappa shape index (κ1) is 19.3. The number of rotatable bonds is 6. The predicted octanol–water partition coefficient (Wildman–Crippen LogP) is 5.72. The first-order valence-electron chi connectivity index (χ1n) is 7.99. The fraction of sp³-hybridized carbons (Fsp3) is 0.0476. The summed E-state index contributed by atoms with van der Waals surface area (Å²) >= 11 is 6.72. The summed E-state index contributed by atoms with van der Waals surface area (Å²) in [6.07, 6.45) is 3.21. The number of carbonyl (C=O) groups excluding carboxylic acids is 1. The maximum absolute atomic E-state index is 12.5. The summed E-state index contributed by atoms with van der Waals surface area (Å²) in [6, 6.07) is 17.0. The quantitative estimate of drug-likeness (QED) is 0.355. The van der Waals surface area contributed by atoms with Gasteiger partial charge in [-0.1, -0.05) is 42.5 Å². The minimum atomic E-state index is -1.06. The first-order valence-corrected chi connectivity index (χ1v) is 9.57. The van der Waals surface area contributed by atoms with Gasteiger partial charge in [-0.25, -0.2) is 4.79 Å². The van der Waals surface area contributed by atoms with Crippen LogP contribution in [0.1, 0.15) is 15.9 Å². The SMILES string of the molecule is O=C(O)COc1c(Br)cc(/C=C\C(=O)c2ccc3ccccc3c2)cc1Br. The van der Waals surface area contributed by atoms with Crippen LogP contribution in [0.15, 0.2) is 69.6 Å². The van der Waals surface area contributed by atoms with E-state index in [1.54, 1.807) is 18.2 Å². The van der Waals surface area contributed by atoms with E-state index in [1.165, 1.54) is 6.08 Å². The second-order valence-corrected chi connectivity index (χ2v) is 7.46. The van der Waals surface area contributed by atoms with E-state index in [0.717, 1.165) is 16.3 Å². The van der Waals surface area contributed by atoms with Crippen LogP contribution in [0, 0.1) is 0 Å². The molecule has 0 aliphatic carbocycles. The summed E-state index contributed by atoms with van der Waals surface area (Å²) < 4.78 is 6.42. The summed E-state index contributed by atoms with van der Waals surface area (Å²) in [6.45, 7) is -0.438. The molecule has 0 bridgehead atoms. The minimum Gasteiger partial charge on any atom is -0.480 e. The zero-order valence-corrected chi connectivity index (χ0v) is 17.2. The van der Waals surface area contributed by atoms with Crippen molar-refractivity contribution in [3.63, 3.8) is 0 Å². The van der Waals surface area contributed by atoms with Crippen molar-refractivity contribution in [2.45, 2.75) is 0 Å². The van der Waals surface area contributed by atoms with Crippen molar-refractivity contribution in [1.29, 1.82) is 0 Å². The molecule has 0 heterocycles. The van der Waals surface area contributed by atoms with Crippen LogP contribution in [0.5, 0.6) is 5.75 Å². The van der Waals surface area contributed by atoms with Crippen molar-refractivity contribution in [3.8, 4) is 5.75 Å². The third-order valence-electron chi connectivity index (χ3n) is 3.82. The smallest absolute Gasteiger partial charge is 0.341 e. The lowest BCUT2D eigenvalue weighted by molar-refractivity contribution is -0.139. The Hall–Kier alpha value is -2.44. The Morgan fingerprint density at radius 3 is 2.30 bits per heavy atom. The second kappa shape index (κ2) is 8.50. The van der Waals surface area contributed by atoms with Gasteiger partial charge < -0.3 is 9.84 Å². The van der Waals surface area contributed by atoms with Crippen LogP contribution in [-0.4, -0.2) is 23.5 Å². The number of ketones is 1. The van der Waals surface area contributed by atoms with E-state index in [1.807, 2.05) is 42.5 Å². The molecule has 0 saturated heterocycles. The number of hydrogen-bond donors (Lipinski definition) is 1. The highest BCUT2D eigenvalue weighted by Crippen LogP contribution is 2.35. The fourth-order valence-corrected chi connectivity index (χ4v) is 4.01. The molecule has 0 aromatic heterocycles. The van der Waals surface area contributed by atoms with E-state index in [9.17, 15) is 9.59 Å².